The highest BCUT2D eigenvalue weighted by Gasteiger charge is 2.16. The molecule has 0 amide bonds. The molecule has 1 heterocycles. The molecule has 0 saturated heterocycles. The minimum Gasteiger partial charge on any atom is -0.389 e. The van der Waals surface area contributed by atoms with Gasteiger partial charge in [-0.1, -0.05) is 12.2 Å². The largest absolute Gasteiger partial charge is 0.389 e. The van der Waals surface area contributed by atoms with Crippen LogP contribution in [0.4, 0.5) is 5.82 Å². The smallest absolute Gasteiger partial charge is 0.136 e. The van der Waals surface area contributed by atoms with Gasteiger partial charge in [0, 0.05) is 12.2 Å². The highest BCUT2D eigenvalue weighted by Crippen LogP contribution is 2.24. The Kier molecular flexibility index (Phi) is 6.10. The number of anilines is 1. The predicted molar refractivity (Wildman–Crippen MR) is 92.9 cm³/mol. The molecular formula is C15H23N3S2. The number of hydrogen-bond acceptors (Lipinski definition) is 4. The molecule has 0 fully saturated rings. The molecule has 20 heavy (non-hydrogen) atoms. The number of aromatic nitrogens is 1. The number of nitrogens with two attached hydrogens (primary N) is 1. The molecule has 0 atom stereocenters. The number of aryl methyl sites for hydroxylation is 2. The number of thiocarbonyl (C=S) groups is 1. The number of unbranched alkanes of at least 4 members (excludes halogenated alkanes) is 1. The number of rotatable bonds is 7. The standard InChI is InChI=1S/C15H23N3S2/c1-20-9-5-4-8-17-15-12(14(16)19)10-11-6-2-3-7-13(11)18-15/h10H,2-9H2,1H3,(H2,16,19)(H,17,18). The number of fused-ring (bicyclic) bond motifs is 1. The van der Waals surface area contributed by atoms with Crippen LogP contribution < -0.4 is 11.1 Å². The van der Waals surface area contributed by atoms with Gasteiger partial charge in [0.2, 0.25) is 0 Å². The first kappa shape index (κ1) is 15.6. The molecule has 1 aliphatic rings. The number of nitrogens with one attached hydrogen (secondary N) is 1. The maximum Gasteiger partial charge on any atom is 0.136 e. The summed E-state index contributed by atoms with van der Waals surface area (Å²) in [5.41, 5.74) is 9.31. The second-order valence-electron chi connectivity index (χ2n) is 5.19. The summed E-state index contributed by atoms with van der Waals surface area (Å²) in [6, 6.07) is 2.15. The molecule has 0 radical (unpaired) electrons. The summed E-state index contributed by atoms with van der Waals surface area (Å²) >= 11 is 7.06. The van der Waals surface area contributed by atoms with Crippen molar-refractivity contribution in [1.82, 2.24) is 4.98 Å². The molecule has 5 heteroatoms. The van der Waals surface area contributed by atoms with Crippen molar-refractivity contribution in [2.24, 2.45) is 5.73 Å². The Morgan fingerprint density at radius 2 is 2.20 bits per heavy atom. The lowest BCUT2D eigenvalue weighted by atomic mass is 9.94. The summed E-state index contributed by atoms with van der Waals surface area (Å²) in [5, 5.41) is 3.42. The van der Waals surface area contributed by atoms with Crippen LogP contribution in [0.1, 0.15) is 42.5 Å². The maximum absolute atomic E-state index is 5.85. The van der Waals surface area contributed by atoms with Gasteiger partial charge in [0.15, 0.2) is 0 Å². The van der Waals surface area contributed by atoms with Crippen LogP contribution in [-0.4, -0.2) is 28.5 Å². The third kappa shape index (κ3) is 4.09. The van der Waals surface area contributed by atoms with E-state index in [2.05, 4.69) is 17.6 Å². The van der Waals surface area contributed by atoms with E-state index in [4.69, 9.17) is 22.9 Å². The first-order chi connectivity index (χ1) is 9.72. The fourth-order valence-electron chi connectivity index (χ4n) is 2.53. The van der Waals surface area contributed by atoms with Crippen molar-refractivity contribution in [3.05, 3.63) is 22.9 Å². The zero-order valence-electron chi connectivity index (χ0n) is 12.1. The lowest BCUT2D eigenvalue weighted by Gasteiger charge is -2.19. The van der Waals surface area contributed by atoms with Crippen molar-refractivity contribution in [3.63, 3.8) is 0 Å². The molecule has 0 aromatic carbocycles. The predicted octanol–water partition coefficient (Wildman–Crippen LogP) is 3.15. The Balaban J connectivity index is 2.07. The van der Waals surface area contributed by atoms with E-state index in [-0.39, 0.29) is 0 Å². The van der Waals surface area contributed by atoms with Gasteiger partial charge in [-0.2, -0.15) is 11.8 Å². The zero-order valence-corrected chi connectivity index (χ0v) is 13.7. The van der Waals surface area contributed by atoms with E-state index in [1.807, 2.05) is 11.8 Å². The topological polar surface area (TPSA) is 50.9 Å². The summed E-state index contributed by atoms with van der Waals surface area (Å²) in [5.74, 6) is 2.09. The minimum absolute atomic E-state index is 0.442. The lowest BCUT2D eigenvalue weighted by Crippen LogP contribution is -2.18. The van der Waals surface area contributed by atoms with Crippen LogP contribution >= 0.6 is 24.0 Å². The fourth-order valence-corrected chi connectivity index (χ4v) is 3.18. The van der Waals surface area contributed by atoms with Crippen molar-refractivity contribution in [2.45, 2.75) is 38.5 Å². The summed E-state index contributed by atoms with van der Waals surface area (Å²) in [4.78, 5) is 5.21. The summed E-state index contributed by atoms with van der Waals surface area (Å²) in [6.07, 6.45) is 9.17. The third-order valence-corrected chi connectivity index (χ3v) is 4.55. The first-order valence-corrected chi connectivity index (χ1v) is 9.08. The molecule has 1 aliphatic carbocycles. The van der Waals surface area contributed by atoms with Crippen molar-refractivity contribution in [2.75, 3.05) is 23.9 Å². The van der Waals surface area contributed by atoms with E-state index in [1.165, 1.54) is 36.3 Å². The van der Waals surface area contributed by atoms with Crippen LogP contribution in [0.15, 0.2) is 6.07 Å². The van der Waals surface area contributed by atoms with Crippen molar-refractivity contribution < 1.29 is 0 Å². The van der Waals surface area contributed by atoms with Crippen molar-refractivity contribution in [3.8, 4) is 0 Å². The van der Waals surface area contributed by atoms with Gasteiger partial charge in [-0.15, -0.1) is 0 Å². The quantitative estimate of drug-likeness (QED) is 0.598. The Morgan fingerprint density at radius 3 is 2.95 bits per heavy atom. The van der Waals surface area contributed by atoms with Crippen LogP contribution in [0.25, 0.3) is 0 Å². The molecule has 0 spiro atoms. The van der Waals surface area contributed by atoms with Gasteiger partial charge in [-0.3, -0.25) is 0 Å². The van der Waals surface area contributed by atoms with Gasteiger partial charge in [0.05, 0.1) is 5.56 Å². The minimum atomic E-state index is 0.442. The van der Waals surface area contributed by atoms with E-state index in [1.54, 1.807) is 0 Å². The molecular weight excluding hydrogens is 286 g/mol. The van der Waals surface area contributed by atoms with Crippen LogP contribution in [0.5, 0.6) is 0 Å². The Hall–Kier alpha value is -0.810. The van der Waals surface area contributed by atoms with Crippen LogP contribution in [0.2, 0.25) is 0 Å². The van der Waals surface area contributed by atoms with E-state index in [0.29, 0.717) is 4.99 Å². The number of hydrogen-bond donors (Lipinski definition) is 2. The lowest BCUT2D eigenvalue weighted by molar-refractivity contribution is 0.668. The van der Waals surface area contributed by atoms with E-state index >= 15 is 0 Å². The van der Waals surface area contributed by atoms with Crippen LogP contribution in [-0.2, 0) is 12.8 Å². The molecule has 0 bridgehead atoms. The van der Waals surface area contributed by atoms with Gasteiger partial charge >= 0.3 is 0 Å². The fraction of sp³-hybridized carbons (Fsp3) is 0.600. The van der Waals surface area contributed by atoms with Gasteiger partial charge < -0.3 is 11.1 Å². The molecule has 110 valence electrons. The van der Waals surface area contributed by atoms with Crippen molar-refractivity contribution in [1.29, 1.82) is 0 Å². The zero-order chi connectivity index (χ0) is 14.4. The summed E-state index contributed by atoms with van der Waals surface area (Å²) in [6.45, 7) is 0.932. The molecule has 0 unspecified atom stereocenters. The van der Waals surface area contributed by atoms with E-state index in [0.717, 1.165) is 37.2 Å². The number of pyridine rings is 1. The van der Waals surface area contributed by atoms with Gasteiger partial charge in [0.25, 0.3) is 0 Å². The van der Waals surface area contributed by atoms with E-state index < -0.39 is 0 Å². The Bertz CT molecular complexity index is 474. The number of nitrogens with zero attached hydrogens (tertiary/aromatic N) is 1. The van der Waals surface area contributed by atoms with Crippen LogP contribution in [0.3, 0.4) is 0 Å². The molecule has 0 aliphatic heterocycles. The SMILES string of the molecule is CSCCCCNc1nc2c(cc1C(N)=S)CCCC2. The highest BCUT2D eigenvalue weighted by atomic mass is 32.2. The maximum atomic E-state index is 5.85. The molecule has 3 nitrogen and oxygen atoms in total. The molecule has 1 aromatic heterocycles. The molecule has 0 saturated carbocycles. The Morgan fingerprint density at radius 1 is 1.40 bits per heavy atom. The second-order valence-corrected chi connectivity index (χ2v) is 6.61. The molecule has 1 aromatic rings. The molecule has 3 N–H and O–H groups in total. The normalized spacial score (nSPS) is 13.8. The summed E-state index contributed by atoms with van der Waals surface area (Å²) < 4.78 is 0. The molecule has 2 rings (SSSR count). The highest BCUT2D eigenvalue weighted by molar-refractivity contribution is 7.98. The number of thioether (sulfide) groups is 1. The van der Waals surface area contributed by atoms with Crippen LogP contribution in [0, 0.1) is 0 Å². The monoisotopic (exact) mass is 309 g/mol. The third-order valence-electron chi connectivity index (χ3n) is 3.63. The average molecular weight is 310 g/mol. The Labute approximate surface area is 131 Å². The van der Waals surface area contributed by atoms with Gasteiger partial charge in [-0.25, -0.2) is 4.98 Å². The van der Waals surface area contributed by atoms with E-state index in [9.17, 15) is 0 Å². The van der Waals surface area contributed by atoms with Gasteiger partial charge in [-0.05, 0) is 62.2 Å². The van der Waals surface area contributed by atoms with Gasteiger partial charge in [0.1, 0.15) is 10.8 Å². The average Bonchev–Trinajstić information content (AvgIpc) is 2.46. The summed E-state index contributed by atoms with van der Waals surface area (Å²) in [7, 11) is 0. The first-order valence-electron chi connectivity index (χ1n) is 7.27. The second kappa shape index (κ2) is 7.84. The van der Waals surface area contributed by atoms with Crippen molar-refractivity contribution >= 4 is 34.8 Å².